The van der Waals surface area contributed by atoms with Crippen molar-refractivity contribution in [2.24, 2.45) is 0 Å². The van der Waals surface area contributed by atoms with Gasteiger partial charge in [-0.05, 0) is 41.6 Å². The highest BCUT2D eigenvalue weighted by atomic mass is 32.1. The van der Waals surface area contributed by atoms with E-state index in [1.54, 1.807) is 0 Å². The second-order valence-corrected chi connectivity index (χ2v) is 5.19. The van der Waals surface area contributed by atoms with Gasteiger partial charge in [0, 0.05) is 12.1 Å². The number of aliphatic hydroxyl groups is 1. The Hall–Kier alpha value is -2.09. The molecule has 2 N–H and O–H groups in total. The number of nitrogens with one attached hydrogen (secondary N) is 1. The van der Waals surface area contributed by atoms with Crippen molar-refractivity contribution in [2.45, 2.75) is 13.5 Å². The summed E-state index contributed by atoms with van der Waals surface area (Å²) in [7, 11) is 0. The van der Waals surface area contributed by atoms with Gasteiger partial charge in [0.15, 0.2) is 0 Å². The van der Waals surface area contributed by atoms with Crippen LogP contribution >= 0.6 is 11.3 Å². The Balaban J connectivity index is 2.01. The van der Waals surface area contributed by atoms with Crippen molar-refractivity contribution in [1.29, 1.82) is 0 Å². The molecule has 20 heavy (non-hydrogen) atoms. The summed E-state index contributed by atoms with van der Waals surface area (Å²) in [5, 5.41) is 13.5. The van der Waals surface area contributed by atoms with Crippen molar-refractivity contribution in [3.05, 3.63) is 57.3 Å². The van der Waals surface area contributed by atoms with E-state index in [9.17, 15) is 4.79 Å². The van der Waals surface area contributed by atoms with Crippen molar-refractivity contribution < 1.29 is 9.90 Å². The highest BCUT2D eigenvalue weighted by Crippen LogP contribution is 2.15. The number of hydrogen-bond acceptors (Lipinski definition) is 3. The maximum atomic E-state index is 12.0. The summed E-state index contributed by atoms with van der Waals surface area (Å²) in [6, 6.07) is 9.54. The van der Waals surface area contributed by atoms with Crippen LogP contribution < -0.4 is 5.32 Å². The van der Waals surface area contributed by atoms with Crippen LogP contribution in [0.2, 0.25) is 0 Å². The second-order valence-electron chi connectivity index (χ2n) is 4.28. The van der Waals surface area contributed by atoms with Crippen LogP contribution in [0.5, 0.6) is 0 Å². The number of rotatable bonds is 3. The van der Waals surface area contributed by atoms with E-state index in [1.165, 1.54) is 11.3 Å². The molecular formula is C16H15NO2S. The molecule has 0 saturated heterocycles. The molecule has 1 aromatic carbocycles. The van der Waals surface area contributed by atoms with Gasteiger partial charge in [0.1, 0.15) is 6.61 Å². The summed E-state index contributed by atoms with van der Waals surface area (Å²) in [4.78, 5) is 12.7. The number of benzene rings is 1. The van der Waals surface area contributed by atoms with Gasteiger partial charge >= 0.3 is 0 Å². The third-order valence-corrected chi connectivity index (χ3v) is 3.78. The SMILES string of the molecule is Cc1ccsc1C(=O)NCc1cccc(C#CCO)c1. The third-order valence-electron chi connectivity index (χ3n) is 2.76. The van der Waals surface area contributed by atoms with Crippen LogP contribution in [0.1, 0.15) is 26.4 Å². The summed E-state index contributed by atoms with van der Waals surface area (Å²) in [6.45, 7) is 2.24. The zero-order valence-corrected chi connectivity index (χ0v) is 12.0. The lowest BCUT2D eigenvalue weighted by Crippen LogP contribution is -2.22. The Morgan fingerprint density at radius 2 is 2.25 bits per heavy atom. The highest BCUT2D eigenvalue weighted by Gasteiger charge is 2.09. The number of carbonyl (C=O) groups excluding carboxylic acids is 1. The summed E-state index contributed by atoms with van der Waals surface area (Å²) >= 11 is 1.44. The average Bonchev–Trinajstić information content (AvgIpc) is 2.89. The predicted molar refractivity (Wildman–Crippen MR) is 80.6 cm³/mol. The Morgan fingerprint density at radius 1 is 1.40 bits per heavy atom. The molecule has 0 aliphatic rings. The largest absolute Gasteiger partial charge is 0.384 e. The van der Waals surface area contributed by atoms with Gasteiger partial charge in [0.05, 0.1) is 4.88 Å². The van der Waals surface area contributed by atoms with Gasteiger partial charge in [0.25, 0.3) is 5.91 Å². The van der Waals surface area contributed by atoms with E-state index in [0.717, 1.165) is 21.6 Å². The molecule has 0 atom stereocenters. The number of thiophene rings is 1. The molecule has 102 valence electrons. The zero-order chi connectivity index (χ0) is 14.4. The van der Waals surface area contributed by atoms with E-state index < -0.39 is 0 Å². The molecule has 0 aliphatic carbocycles. The number of carbonyl (C=O) groups is 1. The van der Waals surface area contributed by atoms with Gasteiger partial charge in [-0.2, -0.15) is 0 Å². The van der Waals surface area contributed by atoms with Crippen LogP contribution in [-0.4, -0.2) is 17.6 Å². The molecule has 1 aromatic heterocycles. The predicted octanol–water partition coefficient (Wildman–Crippen LogP) is 2.33. The first-order valence-electron chi connectivity index (χ1n) is 6.21. The van der Waals surface area contributed by atoms with Gasteiger partial charge in [-0.25, -0.2) is 0 Å². The van der Waals surface area contributed by atoms with E-state index in [1.807, 2.05) is 42.6 Å². The van der Waals surface area contributed by atoms with Gasteiger partial charge in [-0.15, -0.1) is 11.3 Å². The molecule has 0 radical (unpaired) electrons. The molecule has 0 saturated carbocycles. The van der Waals surface area contributed by atoms with Crippen molar-refractivity contribution in [3.8, 4) is 11.8 Å². The molecule has 4 heteroatoms. The molecule has 3 nitrogen and oxygen atoms in total. The van der Waals surface area contributed by atoms with Crippen molar-refractivity contribution >= 4 is 17.2 Å². The van der Waals surface area contributed by atoms with Crippen LogP contribution in [0.15, 0.2) is 35.7 Å². The van der Waals surface area contributed by atoms with Gasteiger partial charge < -0.3 is 10.4 Å². The Labute approximate surface area is 122 Å². The quantitative estimate of drug-likeness (QED) is 0.850. The molecule has 2 aromatic rings. The fraction of sp³-hybridized carbons (Fsp3) is 0.188. The first kappa shape index (κ1) is 14.3. The van der Waals surface area contributed by atoms with Crippen LogP contribution in [-0.2, 0) is 6.54 Å². The minimum absolute atomic E-state index is 0.0515. The van der Waals surface area contributed by atoms with Gasteiger partial charge in [-0.3, -0.25) is 4.79 Å². The first-order chi connectivity index (χ1) is 9.70. The number of aliphatic hydroxyl groups excluding tert-OH is 1. The first-order valence-corrected chi connectivity index (χ1v) is 7.09. The van der Waals surface area contributed by atoms with Gasteiger partial charge in [0.2, 0.25) is 0 Å². The Morgan fingerprint density at radius 3 is 2.95 bits per heavy atom. The van der Waals surface area contributed by atoms with Crippen molar-refractivity contribution in [1.82, 2.24) is 5.32 Å². The molecular weight excluding hydrogens is 270 g/mol. The Kier molecular flexibility index (Phi) is 4.94. The van der Waals surface area contributed by atoms with Gasteiger partial charge in [-0.1, -0.05) is 24.0 Å². The molecule has 2 rings (SSSR count). The zero-order valence-electron chi connectivity index (χ0n) is 11.1. The highest BCUT2D eigenvalue weighted by molar-refractivity contribution is 7.12. The molecule has 0 spiro atoms. The average molecular weight is 285 g/mol. The van der Waals surface area contributed by atoms with Crippen LogP contribution in [0.4, 0.5) is 0 Å². The van der Waals surface area contributed by atoms with E-state index in [4.69, 9.17) is 5.11 Å². The molecule has 0 unspecified atom stereocenters. The topological polar surface area (TPSA) is 49.3 Å². The van der Waals surface area contributed by atoms with Crippen LogP contribution in [0.25, 0.3) is 0 Å². The standard InChI is InChI=1S/C16H15NO2S/c1-12-7-9-20-15(12)16(19)17-11-14-5-2-4-13(10-14)6-3-8-18/h2,4-5,7,9-10,18H,8,11H2,1H3,(H,17,19). The lowest BCUT2D eigenvalue weighted by Gasteiger charge is -2.05. The Bertz CT molecular complexity index is 664. The molecule has 1 amide bonds. The van der Waals surface area contributed by atoms with E-state index in [2.05, 4.69) is 17.2 Å². The summed E-state index contributed by atoms with van der Waals surface area (Å²) in [5.41, 5.74) is 2.81. The lowest BCUT2D eigenvalue weighted by molar-refractivity contribution is 0.0954. The van der Waals surface area contributed by atoms with E-state index in [0.29, 0.717) is 6.54 Å². The normalized spacial score (nSPS) is 9.70. The maximum Gasteiger partial charge on any atom is 0.261 e. The lowest BCUT2D eigenvalue weighted by atomic mass is 10.1. The molecule has 0 aliphatic heterocycles. The van der Waals surface area contributed by atoms with Crippen molar-refractivity contribution in [3.63, 3.8) is 0 Å². The summed E-state index contributed by atoms with van der Waals surface area (Å²) in [5.74, 6) is 5.40. The fourth-order valence-corrected chi connectivity index (χ4v) is 2.61. The fourth-order valence-electron chi connectivity index (χ4n) is 1.77. The van der Waals surface area contributed by atoms with E-state index >= 15 is 0 Å². The third kappa shape index (κ3) is 3.70. The van der Waals surface area contributed by atoms with Crippen LogP contribution in [0.3, 0.4) is 0 Å². The minimum atomic E-state index is -0.154. The minimum Gasteiger partial charge on any atom is -0.384 e. The summed E-state index contributed by atoms with van der Waals surface area (Å²) in [6.07, 6.45) is 0. The van der Waals surface area contributed by atoms with Crippen LogP contribution in [0, 0.1) is 18.8 Å². The van der Waals surface area contributed by atoms with Crippen molar-refractivity contribution in [2.75, 3.05) is 6.61 Å². The number of hydrogen-bond donors (Lipinski definition) is 2. The molecule has 0 fully saturated rings. The summed E-state index contributed by atoms with van der Waals surface area (Å²) < 4.78 is 0. The van der Waals surface area contributed by atoms with E-state index in [-0.39, 0.29) is 12.5 Å². The maximum absolute atomic E-state index is 12.0. The monoisotopic (exact) mass is 285 g/mol. The number of aryl methyl sites for hydroxylation is 1. The smallest absolute Gasteiger partial charge is 0.261 e. The molecule has 1 heterocycles. The number of amides is 1. The molecule has 0 bridgehead atoms. The second kappa shape index (κ2) is 6.90.